The lowest BCUT2D eigenvalue weighted by Crippen LogP contribution is -2.46. The van der Waals surface area contributed by atoms with E-state index in [0.717, 1.165) is 72.8 Å². The van der Waals surface area contributed by atoms with Crippen molar-refractivity contribution in [3.8, 4) is 11.4 Å². The van der Waals surface area contributed by atoms with Crippen LogP contribution >= 0.6 is 0 Å². The maximum absolute atomic E-state index is 13.3. The Morgan fingerprint density at radius 3 is 2.70 bits per heavy atom. The van der Waals surface area contributed by atoms with E-state index < -0.39 is 0 Å². The summed E-state index contributed by atoms with van der Waals surface area (Å²) in [6.07, 6.45) is 9.71. The first kappa shape index (κ1) is 23.4. The number of aromatic amines is 1. The number of piperidine rings is 1. The van der Waals surface area contributed by atoms with Crippen molar-refractivity contribution in [1.82, 2.24) is 24.8 Å². The van der Waals surface area contributed by atoms with Gasteiger partial charge in [0.25, 0.3) is 0 Å². The van der Waals surface area contributed by atoms with Crippen LogP contribution in [0.2, 0.25) is 12.6 Å². The zero-order valence-electron chi connectivity index (χ0n) is 20.7. The lowest BCUT2D eigenvalue weighted by molar-refractivity contribution is -0.136. The zero-order valence-corrected chi connectivity index (χ0v) is 20.7. The minimum absolute atomic E-state index is 0.00420. The molecule has 186 valence electrons. The highest BCUT2D eigenvalue weighted by atomic mass is 16.2. The number of likely N-dealkylation sites (tertiary alicyclic amines) is 1. The van der Waals surface area contributed by atoms with Crippen molar-refractivity contribution in [2.75, 3.05) is 11.9 Å². The van der Waals surface area contributed by atoms with Crippen LogP contribution in [0.3, 0.4) is 0 Å². The van der Waals surface area contributed by atoms with Gasteiger partial charge in [-0.1, -0.05) is 18.7 Å². The molecule has 0 aliphatic carbocycles. The first-order valence-corrected chi connectivity index (χ1v) is 13.1. The summed E-state index contributed by atoms with van der Waals surface area (Å²) >= 11 is 0. The molecule has 0 spiro atoms. The van der Waals surface area contributed by atoms with E-state index in [-0.39, 0.29) is 18.3 Å². The summed E-state index contributed by atoms with van der Waals surface area (Å²) in [5, 5.41) is 4.23. The summed E-state index contributed by atoms with van der Waals surface area (Å²) in [6.45, 7) is 0.878. The molecular formula is C28H29BN6O2. The number of fused-ring (bicyclic) bond motifs is 1. The lowest BCUT2D eigenvalue weighted by Gasteiger charge is -2.38. The van der Waals surface area contributed by atoms with Gasteiger partial charge in [0.05, 0.1) is 17.1 Å². The van der Waals surface area contributed by atoms with Crippen molar-refractivity contribution in [2.45, 2.75) is 50.8 Å². The Hall–Kier alpha value is -4.01. The number of carbonyl (C=O) groups excluding carboxylic acids is 2. The Kier molecular flexibility index (Phi) is 6.43. The Morgan fingerprint density at radius 1 is 1.00 bits per heavy atom. The van der Waals surface area contributed by atoms with Gasteiger partial charge in [0.2, 0.25) is 18.6 Å². The molecule has 2 fully saturated rings. The van der Waals surface area contributed by atoms with Gasteiger partial charge in [0.1, 0.15) is 5.68 Å². The van der Waals surface area contributed by atoms with Gasteiger partial charge in [-0.05, 0) is 68.1 Å². The third-order valence-corrected chi connectivity index (χ3v) is 7.59. The van der Waals surface area contributed by atoms with Gasteiger partial charge < -0.3 is 20.0 Å². The molecule has 3 aromatic heterocycles. The van der Waals surface area contributed by atoms with Crippen LogP contribution in [-0.4, -0.2) is 55.7 Å². The van der Waals surface area contributed by atoms with Gasteiger partial charge in [-0.2, -0.15) is 0 Å². The van der Waals surface area contributed by atoms with Crippen LogP contribution in [-0.2, 0) is 4.79 Å². The van der Waals surface area contributed by atoms with Gasteiger partial charge >= 0.3 is 0 Å². The highest BCUT2D eigenvalue weighted by molar-refractivity contribution is 6.92. The molecule has 2 aliphatic rings. The summed E-state index contributed by atoms with van der Waals surface area (Å²) in [7, 11) is 0. The van der Waals surface area contributed by atoms with Crippen molar-refractivity contribution < 1.29 is 9.59 Å². The van der Waals surface area contributed by atoms with Crippen molar-refractivity contribution in [3.63, 3.8) is 0 Å². The largest absolute Gasteiger partial charge is 0.353 e. The average Bonchev–Trinajstić information content (AvgIpc) is 3.37. The third-order valence-electron chi connectivity index (χ3n) is 7.59. The zero-order chi connectivity index (χ0) is 25.2. The second kappa shape index (κ2) is 10.2. The molecule has 0 radical (unpaired) electrons. The molecule has 8 nitrogen and oxygen atoms in total. The fraction of sp³-hybridized carbons (Fsp3) is 0.321. The van der Waals surface area contributed by atoms with E-state index in [4.69, 9.17) is 0 Å². The quantitative estimate of drug-likeness (QED) is 0.361. The van der Waals surface area contributed by atoms with Crippen molar-refractivity contribution in [3.05, 3.63) is 66.6 Å². The van der Waals surface area contributed by atoms with E-state index in [1.54, 1.807) is 12.4 Å². The van der Waals surface area contributed by atoms with Gasteiger partial charge in [0.15, 0.2) is 0 Å². The van der Waals surface area contributed by atoms with E-state index in [1.165, 1.54) is 0 Å². The standard InChI is InChI=1S/C28H29BN6O2/c36-26-6-2-4-16-35(26)21-9-12-29(13-10-21)27(37)25-18-19-17-20(7-8-22(19)33-25)32-28-31-15-11-24(34-28)23-5-1-3-14-30-23/h1,3,5,7-8,11,14-15,17-18,21,33H,2,4,6,9-10,12-13,16H2,(H,31,32,34). The van der Waals surface area contributed by atoms with E-state index in [2.05, 4.69) is 30.2 Å². The average molecular weight is 492 g/mol. The number of rotatable bonds is 6. The van der Waals surface area contributed by atoms with E-state index in [1.807, 2.05) is 48.5 Å². The Bertz CT molecular complexity index is 1430. The first-order valence-electron chi connectivity index (χ1n) is 13.1. The molecule has 37 heavy (non-hydrogen) atoms. The van der Waals surface area contributed by atoms with Gasteiger partial charge in [-0.25, -0.2) is 9.97 Å². The van der Waals surface area contributed by atoms with Crippen LogP contribution in [0.15, 0.2) is 60.9 Å². The number of carbonyl (C=O) groups is 2. The number of hydrogen-bond acceptors (Lipinski definition) is 6. The lowest BCUT2D eigenvalue weighted by atomic mass is 9.38. The smallest absolute Gasteiger partial charge is 0.232 e. The summed E-state index contributed by atoms with van der Waals surface area (Å²) in [4.78, 5) is 44.3. The van der Waals surface area contributed by atoms with Crippen LogP contribution < -0.4 is 5.32 Å². The highest BCUT2D eigenvalue weighted by Gasteiger charge is 2.35. The van der Waals surface area contributed by atoms with Crippen LogP contribution in [0.1, 0.15) is 42.6 Å². The second-order valence-corrected chi connectivity index (χ2v) is 10.0. The minimum Gasteiger partial charge on any atom is -0.353 e. The fourth-order valence-corrected chi connectivity index (χ4v) is 5.63. The molecule has 0 bridgehead atoms. The molecule has 9 heteroatoms. The molecule has 6 rings (SSSR count). The SMILES string of the molecule is O=C(B1CCC(N2CCCCC2=O)CC1)c1cc2cc(Nc3nccc(-c4ccccn4)n3)ccc2[nH]1. The number of pyridine rings is 1. The monoisotopic (exact) mass is 492 g/mol. The molecule has 5 heterocycles. The minimum atomic E-state index is 0.00420. The second-order valence-electron chi connectivity index (χ2n) is 10.0. The third kappa shape index (κ3) is 4.98. The molecule has 0 atom stereocenters. The predicted octanol–water partition coefficient (Wildman–Crippen LogP) is 5.16. The Balaban J connectivity index is 1.13. The molecule has 2 saturated heterocycles. The molecular weight excluding hydrogens is 463 g/mol. The van der Waals surface area contributed by atoms with Crippen LogP contribution in [0.25, 0.3) is 22.3 Å². The Labute approximate surface area is 216 Å². The first-order chi connectivity index (χ1) is 18.1. The molecule has 1 aromatic carbocycles. The number of hydrogen-bond donors (Lipinski definition) is 2. The number of anilines is 2. The van der Waals surface area contributed by atoms with Gasteiger partial charge in [-0.3, -0.25) is 9.78 Å². The maximum Gasteiger partial charge on any atom is 0.232 e. The van der Waals surface area contributed by atoms with Crippen LogP contribution in [0.5, 0.6) is 0 Å². The number of nitrogens with one attached hydrogen (secondary N) is 2. The molecule has 1 amide bonds. The summed E-state index contributed by atoms with van der Waals surface area (Å²) < 4.78 is 0. The number of nitrogens with zero attached hydrogens (tertiary/aromatic N) is 4. The van der Waals surface area contributed by atoms with Gasteiger partial charge in [0, 0.05) is 48.0 Å². The van der Waals surface area contributed by atoms with E-state index >= 15 is 0 Å². The predicted molar refractivity (Wildman–Crippen MR) is 145 cm³/mol. The normalized spacial score (nSPS) is 16.8. The Morgan fingerprint density at radius 2 is 1.89 bits per heavy atom. The molecule has 2 aliphatic heterocycles. The number of H-pyrrole nitrogens is 1. The number of aromatic nitrogens is 4. The van der Waals surface area contributed by atoms with Gasteiger partial charge in [-0.15, -0.1) is 0 Å². The van der Waals surface area contributed by atoms with Crippen molar-refractivity contribution in [2.24, 2.45) is 0 Å². The summed E-state index contributed by atoms with van der Waals surface area (Å²) in [5.41, 5.74) is 4.11. The molecule has 0 saturated carbocycles. The molecule has 0 unspecified atom stereocenters. The summed E-state index contributed by atoms with van der Waals surface area (Å²) in [6, 6.07) is 15.7. The molecule has 4 aromatic rings. The van der Waals surface area contributed by atoms with E-state index in [9.17, 15) is 9.59 Å². The van der Waals surface area contributed by atoms with E-state index in [0.29, 0.717) is 24.1 Å². The van der Waals surface area contributed by atoms with Crippen LogP contribution in [0, 0.1) is 0 Å². The molecule has 2 N–H and O–H groups in total. The van der Waals surface area contributed by atoms with Crippen molar-refractivity contribution >= 4 is 40.8 Å². The summed E-state index contributed by atoms with van der Waals surface area (Å²) in [5.74, 6) is 0.771. The number of benzene rings is 1. The number of amides is 1. The van der Waals surface area contributed by atoms with Crippen molar-refractivity contribution in [1.29, 1.82) is 0 Å². The topological polar surface area (TPSA) is 104 Å². The highest BCUT2D eigenvalue weighted by Crippen LogP contribution is 2.30. The fourth-order valence-electron chi connectivity index (χ4n) is 5.63. The van der Waals surface area contributed by atoms with Crippen LogP contribution in [0.4, 0.5) is 11.6 Å². The maximum atomic E-state index is 13.3.